The van der Waals surface area contributed by atoms with Gasteiger partial charge in [-0.05, 0) is 36.1 Å². The number of nitrogen functional groups attached to an aromatic ring is 1. The first-order valence-corrected chi connectivity index (χ1v) is 5.61. The van der Waals surface area contributed by atoms with Crippen molar-refractivity contribution in [1.82, 2.24) is 4.98 Å². The number of nitrogens with two attached hydrogens (primary N) is 1. The number of benzene rings is 1. The third-order valence-corrected chi connectivity index (χ3v) is 3.10. The van der Waals surface area contributed by atoms with Crippen LogP contribution >= 0.6 is 0 Å². The van der Waals surface area contributed by atoms with Gasteiger partial charge >= 0.3 is 0 Å². The molecule has 1 unspecified atom stereocenters. The highest BCUT2D eigenvalue weighted by Crippen LogP contribution is 2.26. The summed E-state index contributed by atoms with van der Waals surface area (Å²) < 4.78 is 0. The Kier molecular flexibility index (Phi) is 3.06. The fourth-order valence-electron chi connectivity index (χ4n) is 1.83. The van der Waals surface area contributed by atoms with Crippen LogP contribution in [0.25, 0.3) is 10.9 Å². The van der Waals surface area contributed by atoms with Crippen molar-refractivity contribution in [2.75, 3.05) is 5.43 Å². The molecular weight excluding hydrogens is 198 g/mol. The number of rotatable bonds is 3. The van der Waals surface area contributed by atoms with Crippen LogP contribution in [0, 0.1) is 0 Å². The summed E-state index contributed by atoms with van der Waals surface area (Å²) in [5.41, 5.74) is 5.95. The molecule has 84 valence electrons. The van der Waals surface area contributed by atoms with Crippen molar-refractivity contribution < 1.29 is 0 Å². The van der Waals surface area contributed by atoms with Gasteiger partial charge in [0.25, 0.3) is 0 Å². The lowest BCUT2D eigenvalue weighted by atomic mass is 9.97. The topological polar surface area (TPSA) is 50.9 Å². The van der Waals surface area contributed by atoms with E-state index in [0.29, 0.717) is 5.92 Å². The van der Waals surface area contributed by atoms with E-state index in [0.717, 1.165) is 23.0 Å². The second kappa shape index (κ2) is 4.49. The average molecular weight is 215 g/mol. The molecule has 16 heavy (non-hydrogen) atoms. The summed E-state index contributed by atoms with van der Waals surface area (Å²) in [5.74, 6) is 6.06. The van der Waals surface area contributed by atoms with E-state index in [4.69, 9.17) is 5.84 Å². The Morgan fingerprint density at radius 1 is 1.38 bits per heavy atom. The summed E-state index contributed by atoms with van der Waals surface area (Å²) in [7, 11) is 0. The van der Waals surface area contributed by atoms with Gasteiger partial charge in [0.15, 0.2) is 0 Å². The van der Waals surface area contributed by atoms with Gasteiger partial charge in [-0.2, -0.15) is 0 Å². The third-order valence-electron chi connectivity index (χ3n) is 3.10. The Labute approximate surface area is 95.7 Å². The summed E-state index contributed by atoms with van der Waals surface area (Å²) in [4.78, 5) is 4.32. The number of nitrogens with zero attached hydrogens (tertiary/aromatic N) is 1. The van der Waals surface area contributed by atoms with Gasteiger partial charge < -0.3 is 5.43 Å². The van der Waals surface area contributed by atoms with Crippen molar-refractivity contribution in [1.29, 1.82) is 0 Å². The second-order valence-electron chi connectivity index (χ2n) is 4.09. The Morgan fingerprint density at radius 2 is 2.19 bits per heavy atom. The molecule has 0 bridgehead atoms. The molecule has 3 heteroatoms. The van der Waals surface area contributed by atoms with Crippen molar-refractivity contribution in [3.63, 3.8) is 0 Å². The largest absolute Gasteiger partial charge is 0.323 e. The summed E-state index contributed by atoms with van der Waals surface area (Å²) in [6.07, 6.45) is 2.90. The van der Waals surface area contributed by atoms with Crippen LogP contribution in [-0.2, 0) is 0 Å². The lowest BCUT2D eigenvalue weighted by Gasteiger charge is -2.11. The van der Waals surface area contributed by atoms with Crippen LogP contribution in [0.5, 0.6) is 0 Å². The summed E-state index contributed by atoms with van der Waals surface area (Å²) >= 11 is 0. The lowest BCUT2D eigenvalue weighted by Crippen LogP contribution is -2.07. The maximum absolute atomic E-state index is 5.50. The summed E-state index contributed by atoms with van der Waals surface area (Å²) in [6, 6.07) is 8.26. The Bertz CT molecular complexity index is 494. The van der Waals surface area contributed by atoms with Crippen LogP contribution in [0.1, 0.15) is 31.7 Å². The van der Waals surface area contributed by atoms with Crippen LogP contribution in [0.2, 0.25) is 0 Å². The van der Waals surface area contributed by atoms with Crippen LogP contribution in [0.15, 0.2) is 30.5 Å². The number of anilines is 1. The van der Waals surface area contributed by atoms with E-state index in [1.165, 1.54) is 5.56 Å². The molecule has 3 nitrogen and oxygen atoms in total. The fourth-order valence-corrected chi connectivity index (χ4v) is 1.83. The molecule has 1 heterocycles. The zero-order valence-corrected chi connectivity index (χ0v) is 9.70. The van der Waals surface area contributed by atoms with E-state index >= 15 is 0 Å². The zero-order valence-electron chi connectivity index (χ0n) is 9.70. The fraction of sp³-hybridized carbons (Fsp3) is 0.308. The first-order valence-electron chi connectivity index (χ1n) is 5.61. The molecule has 0 aliphatic carbocycles. The highest BCUT2D eigenvalue weighted by Gasteiger charge is 2.06. The summed E-state index contributed by atoms with van der Waals surface area (Å²) in [5, 5.41) is 1.09. The molecule has 0 aliphatic heterocycles. The van der Waals surface area contributed by atoms with Gasteiger partial charge in [-0.15, -0.1) is 0 Å². The first kappa shape index (κ1) is 10.9. The minimum atomic E-state index is 0.565. The van der Waals surface area contributed by atoms with E-state index in [-0.39, 0.29) is 0 Å². The normalized spacial score (nSPS) is 12.7. The predicted molar refractivity (Wildman–Crippen MR) is 68.3 cm³/mol. The Morgan fingerprint density at radius 3 is 2.88 bits per heavy atom. The third kappa shape index (κ3) is 1.86. The number of hydrogen-bond donors (Lipinski definition) is 2. The minimum absolute atomic E-state index is 0.565. The van der Waals surface area contributed by atoms with E-state index < -0.39 is 0 Å². The van der Waals surface area contributed by atoms with E-state index in [1.54, 1.807) is 6.20 Å². The molecule has 3 N–H and O–H groups in total. The van der Waals surface area contributed by atoms with Gasteiger partial charge in [0.1, 0.15) is 0 Å². The maximum atomic E-state index is 5.50. The molecule has 0 fully saturated rings. The van der Waals surface area contributed by atoms with Gasteiger partial charge in [0, 0.05) is 11.6 Å². The van der Waals surface area contributed by atoms with Gasteiger partial charge in [-0.3, -0.25) is 10.8 Å². The van der Waals surface area contributed by atoms with E-state index in [9.17, 15) is 0 Å². The van der Waals surface area contributed by atoms with Crippen LogP contribution < -0.4 is 11.3 Å². The number of nitrogens with one attached hydrogen (secondary N) is 1. The Hall–Kier alpha value is -1.61. The molecular formula is C13H17N3. The number of fused-ring (bicyclic) bond motifs is 1. The van der Waals surface area contributed by atoms with Crippen molar-refractivity contribution in [2.24, 2.45) is 5.84 Å². The van der Waals surface area contributed by atoms with Gasteiger partial charge in [-0.1, -0.05) is 19.9 Å². The van der Waals surface area contributed by atoms with Crippen molar-refractivity contribution in [3.05, 3.63) is 36.0 Å². The van der Waals surface area contributed by atoms with Crippen LogP contribution in [0.3, 0.4) is 0 Å². The zero-order chi connectivity index (χ0) is 11.5. The molecule has 2 aromatic rings. The van der Waals surface area contributed by atoms with Gasteiger partial charge in [-0.25, -0.2) is 0 Å². The lowest BCUT2D eigenvalue weighted by molar-refractivity contribution is 0.734. The molecule has 0 radical (unpaired) electrons. The number of pyridine rings is 1. The quantitative estimate of drug-likeness (QED) is 0.611. The number of hydrogen-bond acceptors (Lipinski definition) is 3. The van der Waals surface area contributed by atoms with Gasteiger partial charge in [0.05, 0.1) is 11.2 Å². The van der Waals surface area contributed by atoms with Crippen LogP contribution in [0.4, 0.5) is 5.69 Å². The predicted octanol–water partition coefficient (Wildman–Crippen LogP) is 3.03. The number of hydrazine groups is 1. The molecule has 0 amide bonds. The van der Waals surface area contributed by atoms with Crippen molar-refractivity contribution >= 4 is 16.6 Å². The minimum Gasteiger partial charge on any atom is -0.323 e. The van der Waals surface area contributed by atoms with E-state index in [1.807, 2.05) is 6.07 Å². The van der Waals surface area contributed by atoms with Gasteiger partial charge in [0.2, 0.25) is 0 Å². The standard InChI is InChI=1S/C13H17N3/c1-3-9(2)10-4-5-12-11(8-10)13(16-14)6-7-15-12/h4-9H,3,14H2,1-2H3,(H,15,16). The van der Waals surface area contributed by atoms with Crippen molar-refractivity contribution in [3.8, 4) is 0 Å². The first-order chi connectivity index (χ1) is 7.76. The molecule has 1 aromatic carbocycles. The smallest absolute Gasteiger partial charge is 0.0723 e. The SMILES string of the molecule is CCC(C)c1ccc2nccc(NN)c2c1. The number of aromatic nitrogens is 1. The Balaban J connectivity index is 2.59. The van der Waals surface area contributed by atoms with Crippen LogP contribution in [-0.4, -0.2) is 4.98 Å². The molecule has 1 aromatic heterocycles. The molecule has 2 rings (SSSR count). The summed E-state index contributed by atoms with van der Waals surface area (Å²) in [6.45, 7) is 4.42. The van der Waals surface area contributed by atoms with Crippen molar-refractivity contribution in [2.45, 2.75) is 26.2 Å². The average Bonchev–Trinajstić information content (AvgIpc) is 2.36. The monoisotopic (exact) mass is 215 g/mol. The molecule has 1 atom stereocenters. The maximum Gasteiger partial charge on any atom is 0.0723 e. The molecule has 0 saturated heterocycles. The highest BCUT2D eigenvalue weighted by molar-refractivity contribution is 5.91. The molecule has 0 aliphatic rings. The molecule has 0 spiro atoms. The second-order valence-corrected chi connectivity index (χ2v) is 4.09. The highest BCUT2D eigenvalue weighted by atomic mass is 15.2. The molecule has 0 saturated carbocycles. The van der Waals surface area contributed by atoms with E-state index in [2.05, 4.69) is 42.5 Å².